The molecule has 2 aliphatic heterocycles. The Morgan fingerprint density at radius 2 is 1.92 bits per heavy atom. The van der Waals surface area contributed by atoms with Crippen LogP contribution in [-0.4, -0.2) is 31.1 Å². The van der Waals surface area contributed by atoms with E-state index in [1.54, 1.807) is 18.2 Å². The summed E-state index contributed by atoms with van der Waals surface area (Å²) in [7, 11) is 0. The van der Waals surface area contributed by atoms with Crippen LogP contribution in [0.15, 0.2) is 42.5 Å². The molecule has 25 heavy (non-hydrogen) atoms. The van der Waals surface area contributed by atoms with Crippen LogP contribution in [-0.2, 0) is 5.60 Å². The normalized spacial score (nSPS) is 20.4. The molecule has 0 aromatic heterocycles. The summed E-state index contributed by atoms with van der Waals surface area (Å²) < 4.78 is 16.1. The molecular weight excluding hydrogens is 324 g/mol. The Labute approximate surface area is 144 Å². The monoisotopic (exact) mass is 342 g/mol. The van der Waals surface area contributed by atoms with Crippen molar-refractivity contribution in [2.75, 3.05) is 25.3 Å². The maximum Gasteiger partial charge on any atom is 0.319 e. The first kappa shape index (κ1) is 15.6. The van der Waals surface area contributed by atoms with E-state index in [-0.39, 0.29) is 13.3 Å². The van der Waals surface area contributed by atoms with Gasteiger partial charge in [0.1, 0.15) is 11.4 Å². The van der Waals surface area contributed by atoms with Crippen LogP contribution >= 0.6 is 0 Å². The molecule has 0 aliphatic carbocycles. The van der Waals surface area contributed by atoms with Gasteiger partial charge < -0.3 is 30.0 Å². The second-order valence-corrected chi connectivity index (χ2v) is 6.00. The van der Waals surface area contributed by atoms with Crippen LogP contribution in [0.5, 0.6) is 17.2 Å². The molecule has 1 atom stereocenters. The summed E-state index contributed by atoms with van der Waals surface area (Å²) in [4.78, 5) is 12.2. The van der Waals surface area contributed by atoms with Gasteiger partial charge in [-0.15, -0.1) is 0 Å². The molecule has 0 spiro atoms. The quantitative estimate of drug-likeness (QED) is 0.796. The average molecular weight is 342 g/mol. The number of urea groups is 1. The van der Waals surface area contributed by atoms with Crippen molar-refractivity contribution in [1.29, 1.82) is 0 Å². The van der Waals surface area contributed by atoms with Gasteiger partial charge in [0, 0.05) is 23.7 Å². The molecule has 0 saturated carbocycles. The number of hydrogen-bond acceptors (Lipinski definition) is 5. The van der Waals surface area contributed by atoms with Gasteiger partial charge in [0.05, 0.1) is 13.2 Å². The predicted molar refractivity (Wildman–Crippen MR) is 90.0 cm³/mol. The van der Waals surface area contributed by atoms with E-state index in [1.807, 2.05) is 24.3 Å². The summed E-state index contributed by atoms with van der Waals surface area (Å²) >= 11 is 0. The van der Waals surface area contributed by atoms with Crippen LogP contribution in [0.2, 0.25) is 0 Å². The summed E-state index contributed by atoms with van der Waals surface area (Å²) in [6.07, 6.45) is 0.411. The molecular formula is C18H18N2O5. The van der Waals surface area contributed by atoms with Gasteiger partial charge in [-0.25, -0.2) is 4.79 Å². The van der Waals surface area contributed by atoms with Crippen LogP contribution in [0.25, 0.3) is 0 Å². The topological polar surface area (TPSA) is 89.1 Å². The highest BCUT2D eigenvalue weighted by molar-refractivity contribution is 5.89. The lowest BCUT2D eigenvalue weighted by atomic mass is 9.88. The van der Waals surface area contributed by atoms with Crippen LogP contribution in [0, 0.1) is 0 Å². The molecule has 0 bridgehead atoms. The van der Waals surface area contributed by atoms with Gasteiger partial charge in [-0.3, -0.25) is 0 Å². The van der Waals surface area contributed by atoms with Crippen LogP contribution < -0.4 is 24.8 Å². The van der Waals surface area contributed by atoms with Crippen molar-refractivity contribution < 1.29 is 24.1 Å². The van der Waals surface area contributed by atoms with Gasteiger partial charge in [0.25, 0.3) is 0 Å². The largest absolute Gasteiger partial charge is 0.493 e. The minimum Gasteiger partial charge on any atom is -0.493 e. The van der Waals surface area contributed by atoms with E-state index in [4.69, 9.17) is 14.2 Å². The Bertz CT molecular complexity index is 810. The second kappa shape index (κ2) is 6.18. The molecule has 130 valence electrons. The first-order valence-corrected chi connectivity index (χ1v) is 8.03. The van der Waals surface area contributed by atoms with Gasteiger partial charge in [0.15, 0.2) is 11.5 Å². The molecule has 0 unspecified atom stereocenters. The highest BCUT2D eigenvalue weighted by Crippen LogP contribution is 2.36. The van der Waals surface area contributed by atoms with E-state index in [0.29, 0.717) is 41.5 Å². The number of amides is 2. The van der Waals surface area contributed by atoms with Gasteiger partial charge in [-0.2, -0.15) is 0 Å². The molecule has 2 aromatic carbocycles. The van der Waals surface area contributed by atoms with Gasteiger partial charge >= 0.3 is 6.03 Å². The first-order chi connectivity index (χ1) is 12.1. The third kappa shape index (κ3) is 3.06. The third-order valence-corrected chi connectivity index (χ3v) is 4.33. The standard InChI is InChI=1S/C18H18N2O5/c21-17(20-12-5-6-15-16(9-12)25-11-24-15)19-10-18(22)7-8-23-14-4-2-1-3-13(14)18/h1-6,9,22H,7-8,10-11H2,(H2,19,20,21)/t18-/m0/s1. The predicted octanol–water partition coefficient (Wildman–Crippen LogP) is 2.21. The molecule has 7 heteroatoms. The fourth-order valence-corrected chi connectivity index (χ4v) is 3.00. The zero-order chi connectivity index (χ0) is 17.3. The molecule has 2 aromatic rings. The number of ether oxygens (including phenoxy) is 3. The molecule has 2 heterocycles. The van der Waals surface area contributed by atoms with Crippen molar-refractivity contribution in [3.8, 4) is 17.2 Å². The van der Waals surface area contributed by atoms with Crippen molar-refractivity contribution >= 4 is 11.7 Å². The summed E-state index contributed by atoms with van der Waals surface area (Å²) in [5.41, 5.74) is 0.117. The number of para-hydroxylation sites is 1. The van der Waals surface area contributed by atoms with Crippen molar-refractivity contribution in [3.05, 3.63) is 48.0 Å². The third-order valence-electron chi connectivity index (χ3n) is 4.33. The zero-order valence-corrected chi connectivity index (χ0v) is 13.5. The smallest absolute Gasteiger partial charge is 0.319 e. The number of anilines is 1. The van der Waals surface area contributed by atoms with E-state index in [1.165, 1.54) is 0 Å². The van der Waals surface area contributed by atoms with E-state index in [9.17, 15) is 9.90 Å². The van der Waals surface area contributed by atoms with Crippen molar-refractivity contribution in [3.63, 3.8) is 0 Å². The highest BCUT2D eigenvalue weighted by Gasteiger charge is 2.35. The fraction of sp³-hybridized carbons (Fsp3) is 0.278. The summed E-state index contributed by atoms with van der Waals surface area (Å²) in [6.45, 7) is 0.669. The van der Waals surface area contributed by atoms with Crippen molar-refractivity contribution in [1.82, 2.24) is 5.32 Å². The number of rotatable bonds is 3. The Kier molecular flexibility index (Phi) is 3.85. The minimum atomic E-state index is -1.15. The van der Waals surface area contributed by atoms with E-state index in [2.05, 4.69) is 10.6 Å². The maximum absolute atomic E-state index is 12.2. The molecule has 2 aliphatic rings. The zero-order valence-electron chi connectivity index (χ0n) is 13.5. The number of nitrogens with one attached hydrogen (secondary N) is 2. The lowest BCUT2D eigenvalue weighted by Gasteiger charge is -2.34. The molecule has 2 amide bonds. The van der Waals surface area contributed by atoms with Crippen LogP contribution in [0.4, 0.5) is 10.5 Å². The number of fused-ring (bicyclic) bond motifs is 2. The molecule has 0 fully saturated rings. The maximum atomic E-state index is 12.2. The Morgan fingerprint density at radius 1 is 1.08 bits per heavy atom. The Balaban J connectivity index is 1.41. The lowest BCUT2D eigenvalue weighted by Crippen LogP contribution is -2.45. The lowest BCUT2D eigenvalue weighted by molar-refractivity contribution is 0.000397. The second-order valence-electron chi connectivity index (χ2n) is 6.00. The van der Waals surface area contributed by atoms with Gasteiger partial charge in [0.2, 0.25) is 6.79 Å². The summed E-state index contributed by atoms with van der Waals surface area (Å²) in [5, 5.41) is 16.4. The van der Waals surface area contributed by atoms with Crippen molar-refractivity contribution in [2.45, 2.75) is 12.0 Å². The average Bonchev–Trinajstić information content (AvgIpc) is 3.08. The Hall–Kier alpha value is -2.93. The Morgan fingerprint density at radius 3 is 2.84 bits per heavy atom. The number of carbonyl (C=O) groups is 1. The summed E-state index contributed by atoms with van der Waals surface area (Å²) in [6, 6.07) is 12.1. The van der Waals surface area contributed by atoms with Gasteiger partial charge in [-0.1, -0.05) is 18.2 Å². The number of aliphatic hydroxyl groups is 1. The fourth-order valence-electron chi connectivity index (χ4n) is 3.00. The van der Waals surface area contributed by atoms with Crippen molar-refractivity contribution in [2.24, 2.45) is 0 Å². The molecule has 4 rings (SSSR count). The molecule has 3 N–H and O–H groups in total. The number of benzene rings is 2. The van der Waals surface area contributed by atoms with Crippen LogP contribution in [0.1, 0.15) is 12.0 Å². The molecule has 0 radical (unpaired) electrons. The van der Waals surface area contributed by atoms with Crippen LogP contribution in [0.3, 0.4) is 0 Å². The van der Waals surface area contributed by atoms with E-state index < -0.39 is 11.6 Å². The minimum absolute atomic E-state index is 0.0871. The summed E-state index contributed by atoms with van der Waals surface area (Å²) in [5.74, 6) is 1.89. The number of carbonyl (C=O) groups excluding carboxylic acids is 1. The highest BCUT2D eigenvalue weighted by atomic mass is 16.7. The van der Waals surface area contributed by atoms with E-state index >= 15 is 0 Å². The molecule has 0 saturated heterocycles. The number of hydrogen-bond donors (Lipinski definition) is 3. The van der Waals surface area contributed by atoms with Gasteiger partial charge in [-0.05, 0) is 18.2 Å². The first-order valence-electron chi connectivity index (χ1n) is 8.03. The SMILES string of the molecule is O=C(NC[C@@]1(O)CCOc2ccccc21)Nc1ccc2c(c1)OCO2. The van der Waals surface area contributed by atoms with E-state index in [0.717, 1.165) is 0 Å². The molecule has 7 nitrogen and oxygen atoms in total.